The van der Waals surface area contributed by atoms with Crippen molar-refractivity contribution in [3.05, 3.63) is 71.6 Å². The lowest BCUT2D eigenvalue weighted by molar-refractivity contribution is -0.143. The Balaban J connectivity index is 1.18. The summed E-state index contributed by atoms with van der Waals surface area (Å²) >= 11 is 0. The molecule has 2 aliphatic rings. The lowest BCUT2D eigenvalue weighted by Crippen LogP contribution is -2.36. The molecule has 1 aliphatic carbocycles. The van der Waals surface area contributed by atoms with Crippen LogP contribution in [0, 0.1) is 11.8 Å². The van der Waals surface area contributed by atoms with Crippen LogP contribution < -0.4 is 15.0 Å². The summed E-state index contributed by atoms with van der Waals surface area (Å²) in [7, 11) is 0. The second kappa shape index (κ2) is 13.0. The third kappa shape index (κ3) is 7.03. The van der Waals surface area contributed by atoms with Crippen LogP contribution >= 0.6 is 0 Å². The van der Waals surface area contributed by atoms with Crippen molar-refractivity contribution in [3.63, 3.8) is 0 Å². The van der Waals surface area contributed by atoms with Gasteiger partial charge in [0.25, 0.3) is 5.91 Å². The van der Waals surface area contributed by atoms with E-state index in [1.165, 1.54) is 18.0 Å². The number of esters is 1. The van der Waals surface area contributed by atoms with E-state index in [1.54, 1.807) is 0 Å². The van der Waals surface area contributed by atoms with Gasteiger partial charge in [-0.25, -0.2) is 4.98 Å². The predicted octanol–water partition coefficient (Wildman–Crippen LogP) is 6.23. The van der Waals surface area contributed by atoms with Crippen LogP contribution in [0.3, 0.4) is 0 Å². The van der Waals surface area contributed by atoms with E-state index in [0.717, 1.165) is 62.2 Å². The minimum absolute atomic E-state index is 0.125. The first-order valence-electron chi connectivity index (χ1n) is 14.5. The number of piperidine rings is 1. The number of carbonyl (C=O) groups is 2. The summed E-state index contributed by atoms with van der Waals surface area (Å²) in [6, 6.07) is 14.5. The highest BCUT2D eigenvalue weighted by Crippen LogP contribution is 2.45. The Morgan fingerprint density at radius 2 is 1.93 bits per heavy atom. The zero-order valence-electron chi connectivity index (χ0n) is 23.4. The molecule has 1 saturated carbocycles. The number of amides is 1. The minimum Gasteiger partial charge on any atom is -0.493 e. The Labute approximate surface area is 236 Å². The highest BCUT2D eigenvalue weighted by Gasteiger charge is 2.34. The molecule has 2 aromatic carbocycles. The third-order valence-electron chi connectivity index (χ3n) is 7.98. The summed E-state index contributed by atoms with van der Waals surface area (Å²) in [5.74, 6) is 1.68. The lowest BCUT2D eigenvalue weighted by atomic mass is 9.91. The Morgan fingerprint density at radius 1 is 1.10 bits per heavy atom. The summed E-state index contributed by atoms with van der Waals surface area (Å²) in [4.78, 5) is 31.5. The van der Waals surface area contributed by atoms with Gasteiger partial charge in [0.2, 0.25) is 0 Å². The molecule has 40 heavy (non-hydrogen) atoms. The molecule has 8 heteroatoms. The van der Waals surface area contributed by atoms with Gasteiger partial charge < -0.3 is 18.8 Å². The maximum Gasteiger partial charge on any atom is 0.306 e. The fourth-order valence-corrected chi connectivity index (χ4v) is 5.54. The van der Waals surface area contributed by atoms with Gasteiger partial charge in [0, 0.05) is 18.8 Å². The number of hydrogen-bond acceptors (Lipinski definition) is 7. The van der Waals surface area contributed by atoms with Gasteiger partial charge >= 0.3 is 12.0 Å². The van der Waals surface area contributed by atoms with E-state index >= 15 is 0 Å². The monoisotopic (exact) mass is 545 g/mol. The van der Waals surface area contributed by atoms with Crippen molar-refractivity contribution in [2.75, 3.05) is 36.5 Å². The standard InChI is InChI=1S/C32H39N3O5/c1-3-22-8-11-27(31(37)34-32-33-14-17-39-32)29(18-22)35-15-12-23(13-16-35)21-40-26-7-5-6-25(19-26)28(24-9-10-24)20-30(36)38-4-2/h5-8,11,14,17-19,23-24,28H,3-4,9-10,12-13,15-16,20-21H2,1-2H3,(H,33,34,37). The van der Waals surface area contributed by atoms with Crippen LogP contribution in [0.4, 0.5) is 11.7 Å². The molecular weight excluding hydrogens is 506 g/mol. The smallest absolute Gasteiger partial charge is 0.306 e. The van der Waals surface area contributed by atoms with E-state index in [9.17, 15) is 9.59 Å². The number of aryl methyl sites for hydroxylation is 1. The molecule has 5 rings (SSSR count). The lowest BCUT2D eigenvalue weighted by Gasteiger charge is -2.34. The molecule has 0 spiro atoms. The fourth-order valence-electron chi connectivity index (χ4n) is 5.54. The van der Waals surface area contributed by atoms with Gasteiger partial charge in [-0.3, -0.25) is 14.9 Å². The molecule has 1 unspecified atom stereocenters. The Bertz CT molecular complexity index is 1280. The van der Waals surface area contributed by atoms with Crippen LogP contribution in [-0.4, -0.2) is 43.2 Å². The van der Waals surface area contributed by atoms with Gasteiger partial charge in [-0.15, -0.1) is 0 Å². The number of carbonyl (C=O) groups excluding carboxylic acids is 2. The molecule has 8 nitrogen and oxygen atoms in total. The first kappa shape index (κ1) is 27.7. The van der Waals surface area contributed by atoms with E-state index in [4.69, 9.17) is 13.9 Å². The normalized spacial score (nSPS) is 16.4. The number of oxazole rings is 1. The quantitative estimate of drug-likeness (QED) is 0.270. The van der Waals surface area contributed by atoms with E-state index in [1.807, 2.05) is 31.2 Å². The van der Waals surface area contributed by atoms with E-state index < -0.39 is 0 Å². The summed E-state index contributed by atoms with van der Waals surface area (Å²) in [6.07, 6.45) is 8.56. The first-order valence-corrected chi connectivity index (χ1v) is 14.5. The summed E-state index contributed by atoms with van der Waals surface area (Å²) in [5.41, 5.74) is 3.92. The van der Waals surface area contributed by atoms with E-state index in [2.05, 4.69) is 40.3 Å². The molecule has 1 atom stereocenters. The van der Waals surface area contributed by atoms with Crippen molar-refractivity contribution in [1.82, 2.24) is 4.98 Å². The summed E-state index contributed by atoms with van der Waals surface area (Å²) in [6.45, 7) is 6.73. The molecule has 0 bridgehead atoms. The Kier molecular flexibility index (Phi) is 9.04. The zero-order chi connectivity index (χ0) is 27.9. The highest BCUT2D eigenvalue weighted by atomic mass is 16.5. The zero-order valence-corrected chi connectivity index (χ0v) is 23.4. The Hall–Kier alpha value is -3.81. The molecule has 2 heterocycles. The average Bonchev–Trinajstić information content (AvgIpc) is 3.70. The molecule has 1 N–H and O–H groups in total. The number of aromatic nitrogens is 1. The second-order valence-corrected chi connectivity index (χ2v) is 10.8. The van der Waals surface area contributed by atoms with Crippen molar-refractivity contribution in [2.45, 2.75) is 58.3 Å². The molecule has 1 aliphatic heterocycles. The molecular formula is C32H39N3O5. The van der Waals surface area contributed by atoms with Gasteiger partial charge in [0.1, 0.15) is 12.0 Å². The van der Waals surface area contributed by atoms with Crippen LogP contribution in [0.5, 0.6) is 5.75 Å². The van der Waals surface area contributed by atoms with Gasteiger partial charge in [0.15, 0.2) is 0 Å². The predicted molar refractivity (Wildman–Crippen MR) is 154 cm³/mol. The van der Waals surface area contributed by atoms with Crippen molar-refractivity contribution in [2.24, 2.45) is 11.8 Å². The van der Waals surface area contributed by atoms with Crippen LogP contribution in [-0.2, 0) is 16.0 Å². The van der Waals surface area contributed by atoms with Gasteiger partial charge in [-0.2, -0.15) is 0 Å². The topological polar surface area (TPSA) is 93.9 Å². The molecule has 1 aromatic heterocycles. The van der Waals surface area contributed by atoms with Gasteiger partial charge in [0.05, 0.1) is 31.4 Å². The number of rotatable bonds is 12. The van der Waals surface area contributed by atoms with Crippen molar-refractivity contribution in [3.8, 4) is 5.75 Å². The molecule has 3 aromatic rings. The van der Waals surface area contributed by atoms with Crippen LogP contribution in [0.15, 0.2) is 59.3 Å². The van der Waals surface area contributed by atoms with Crippen LogP contribution in [0.2, 0.25) is 0 Å². The first-order chi connectivity index (χ1) is 19.5. The maximum absolute atomic E-state index is 13.0. The van der Waals surface area contributed by atoms with E-state index in [0.29, 0.717) is 37.0 Å². The third-order valence-corrected chi connectivity index (χ3v) is 7.98. The number of anilines is 2. The average molecular weight is 546 g/mol. The number of nitrogens with one attached hydrogen (secondary N) is 1. The number of ether oxygens (including phenoxy) is 2. The van der Waals surface area contributed by atoms with Crippen molar-refractivity contribution >= 4 is 23.6 Å². The van der Waals surface area contributed by atoms with Gasteiger partial charge in [-0.1, -0.05) is 25.1 Å². The fraction of sp³-hybridized carbons (Fsp3) is 0.469. The molecule has 1 amide bonds. The van der Waals surface area contributed by atoms with Crippen molar-refractivity contribution in [1.29, 1.82) is 0 Å². The summed E-state index contributed by atoms with van der Waals surface area (Å²) < 4.78 is 16.7. The highest BCUT2D eigenvalue weighted by molar-refractivity contribution is 6.07. The van der Waals surface area contributed by atoms with Crippen LogP contribution in [0.1, 0.15) is 73.4 Å². The van der Waals surface area contributed by atoms with Crippen LogP contribution in [0.25, 0.3) is 0 Å². The number of hydrogen-bond donors (Lipinski definition) is 1. The Morgan fingerprint density at radius 3 is 2.62 bits per heavy atom. The van der Waals surface area contributed by atoms with E-state index in [-0.39, 0.29) is 23.8 Å². The molecule has 0 radical (unpaired) electrons. The minimum atomic E-state index is -0.224. The molecule has 2 fully saturated rings. The number of benzene rings is 2. The summed E-state index contributed by atoms with van der Waals surface area (Å²) in [5, 5.41) is 2.75. The van der Waals surface area contributed by atoms with Gasteiger partial charge in [-0.05, 0) is 92.2 Å². The molecule has 212 valence electrons. The SMILES string of the molecule is CCOC(=O)CC(c1cccc(OCC2CCN(c3cc(CC)ccc3C(=O)Nc3ncco3)CC2)c1)C1CC1. The second-order valence-electron chi connectivity index (χ2n) is 10.8. The maximum atomic E-state index is 13.0. The number of nitrogens with zero attached hydrogens (tertiary/aromatic N) is 2. The molecule has 1 saturated heterocycles. The van der Waals surface area contributed by atoms with Crippen molar-refractivity contribution < 1.29 is 23.5 Å². The largest absolute Gasteiger partial charge is 0.493 e.